The van der Waals surface area contributed by atoms with Crippen LogP contribution in [0.4, 0.5) is 5.69 Å². The molecule has 3 aromatic rings. The third-order valence-corrected chi connectivity index (χ3v) is 6.61. The van der Waals surface area contributed by atoms with Crippen LogP contribution in [0.15, 0.2) is 81.7 Å². The topological polar surface area (TPSA) is 97.4 Å². The first-order chi connectivity index (χ1) is 14.9. The summed E-state index contributed by atoms with van der Waals surface area (Å²) in [6.45, 7) is 2.79. The zero-order valence-corrected chi connectivity index (χ0v) is 18.8. The van der Waals surface area contributed by atoms with Crippen molar-refractivity contribution >= 4 is 33.4 Å². The van der Waals surface area contributed by atoms with Gasteiger partial charge in [0.2, 0.25) is 0 Å². The maximum absolute atomic E-state index is 12.5. The molecule has 1 aromatic heterocycles. The number of carbonyl (C=O) groups is 1. The minimum atomic E-state index is -3.64. The SMILES string of the molecule is COCCNC(=O)c1ccc(Sc2ccc(NS(=O)(=O)c3ccc(C)cc3)cc2)nc1. The van der Waals surface area contributed by atoms with E-state index in [9.17, 15) is 13.2 Å². The molecule has 0 aliphatic rings. The second-order valence-corrected chi connectivity index (χ2v) is 9.46. The summed E-state index contributed by atoms with van der Waals surface area (Å²) in [5.41, 5.74) is 1.94. The molecule has 2 aromatic carbocycles. The van der Waals surface area contributed by atoms with E-state index in [0.29, 0.717) is 24.4 Å². The van der Waals surface area contributed by atoms with Crippen LogP contribution >= 0.6 is 11.8 Å². The lowest BCUT2D eigenvalue weighted by Gasteiger charge is -2.09. The number of benzene rings is 2. The molecule has 0 bridgehead atoms. The molecular weight excluding hydrogens is 434 g/mol. The maximum atomic E-state index is 12.5. The quantitative estimate of drug-likeness (QED) is 0.476. The van der Waals surface area contributed by atoms with Gasteiger partial charge < -0.3 is 10.1 Å². The molecule has 7 nitrogen and oxygen atoms in total. The summed E-state index contributed by atoms with van der Waals surface area (Å²) in [6.07, 6.45) is 1.52. The van der Waals surface area contributed by atoms with Gasteiger partial charge in [0.15, 0.2) is 0 Å². The molecule has 9 heteroatoms. The van der Waals surface area contributed by atoms with Crippen molar-refractivity contribution in [3.8, 4) is 0 Å². The van der Waals surface area contributed by atoms with E-state index in [4.69, 9.17) is 4.74 Å². The molecule has 0 saturated carbocycles. The van der Waals surface area contributed by atoms with Crippen molar-refractivity contribution in [2.24, 2.45) is 0 Å². The van der Waals surface area contributed by atoms with Crippen LogP contribution in [0.1, 0.15) is 15.9 Å². The van der Waals surface area contributed by atoms with Crippen molar-refractivity contribution in [3.63, 3.8) is 0 Å². The molecule has 2 N–H and O–H groups in total. The van der Waals surface area contributed by atoms with Crippen LogP contribution in [0.5, 0.6) is 0 Å². The standard InChI is InChI=1S/C22H23N3O4S2/c1-16-3-10-20(11-4-16)31(27,28)25-18-6-8-19(9-7-18)30-21-12-5-17(15-24-21)22(26)23-13-14-29-2/h3-12,15,25H,13-14H2,1-2H3,(H,23,26). The summed E-state index contributed by atoms with van der Waals surface area (Å²) in [5.74, 6) is -0.202. The summed E-state index contributed by atoms with van der Waals surface area (Å²) in [7, 11) is -2.06. The molecule has 0 fully saturated rings. The molecule has 0 aliphatic carbocycles. The minimum absolute atomic E-state index is 0.202. The number of aromatic nitrogens is 1. The van der Waals surface area contributed by atoms with Crippen molar-refractivity contribution in [2.45, 2.75) is 21.7 Å². The summed E-state index contributed by atoms with van der Waals surface area (Å²) in [6, 6.07) is 17.2. The molecule has 1 amide bonds. The number of hydrogen-bond acceptors (Lipinski definition) is 6. The Morgan fingerprint density at radius 2 is 1.74 bits per heavy atom. The zero-order chi connectivity index (χ0) is 22.3. The number of nitrogens with zero attached hydrogens (tertiary/aromatic N) is 1. The van der Waals surface area contributed by atoms with Crippen LogP contribution < -0.4 is 10.0 Å². The number of anilines is 1. The number of rotatable bonds is 9. The average molecular weight is 458 g/mol. The summed E-state index contributed by atoms with van der Waals surface area (Å²) >= 11 is 1.41. The molecule has 0 radical (unpaired) electrons. The fourth-order valence-corrected chi connectivity index (χ4v) is 4.40. The normalized spacial score (nSPS) is 11.2. The van der Waals surface area contributed by atoms with E-state index in [-0.39, 0.29) is 10.8 Å². The highest BCUT2D eigenvalue weighted by molar-refractivity contribution is 7.99. The Hall–Kier alpha value is -2.88. The van der Waals surface area contributed by atoms with Gasteiger partial charge >= 0.3 is 0 Å². The van der Waals surface area contributed by atoms with Gasteiger partial charge in [0.1, 0.15) is 5.03 Å². The van der Waals surface area contributed by atoms with Gasteiger partial charge in [-0.2, -0.15) is 0 Å². The van der Waals surface area contributed by atoms with Crippen LogP contribution in [0.25, 0.3) is 0 Å². The van der Waals surface area contributed by atoms with E-state index in [0.717, 1.165) is 15.5 Å². The van der Waals surface area contributed by atoms with Crippen LogP contribution in [-0.2, 0) is 14.8 Å². The van der Waals surface area contributed by atoms with E-state index in [2.05, 4.69) is 15.0 Å². The fourth-order valence-electron chi connectivity index (χ4n) is 2.59. The number of carbonyl (C=O) groups excluding carboxylic acids is 1. The Morgan fingerprint density at radius 1 is 1.03 bits per heavy atom. The van der Waals surface area contributed by atoms with Gasteiger partial charge in [0.25, 0.3) is 15.9 Å². The largest absolute Gasteiger partial charge is 0.383 e. The molecule has 0 unspecified atom stereocenters. The highest BCUT2D eigenvalue weighted by Gasteiger charge is 2.14. The zero-order valence-electron chi connectivity index (χ0n) is 17.2. The molecule has 0 atom stereocenters. The Bertz CT molecular complexity index is 1110. The van der Waals surface area contributed by atoms with Crippen LogP contribution in [0.2, 0.25) is 0 Å². The van der Waals surface area contributed by atoms with Gasteiger partial charge in [-0.15, -0.1) is 0 Å². The summed E-state index contributed by atoms with van der Waals surface area (Å²) in [5, 5.41) is 3.47. The van der Waals surface area contributed by atoms with E-state index >= 15 is 0 Å². The Balaban J connectivity index is 1.60. The van der Waals surface area contributed by atoms with Crippen molar-refractivity contribution in [1.82, 2.24) is 10.3 Å². The van der Waals surface area contributed by atoms with E-state index in [1.54, 1.807) is 55.6 Å². The van der Waals surface area contributed by atoms with Gasteiger partial charge in [0, 0.05) is 30.4 Å². The number of sulfonamides is 1. The molecular formula is C22H23N3O4S2. The number of methoxy groups -OCH3 is 1. The highest BCUT2D eigenvalue weighted by Crippen LogP contribution is 2.27. The van der Waals surface area contributed by atoms with Crippen LogP contribution in [-0.4, -0.2) is 39.6 Å². The lowest BCUT2D eigenvalue weighted by atomic mass is 10.2. The maximum Gasteiger partial charge on any atom is 0.261 e. The van der Waals surface area contributed by atoms with E-state index in [1.807, 2.05) is 19.1 Å². The van der Waals surface area contributed by atoms with Crippen molar-refractivity contribution in [1.29, 1.82) is 0 Å². The first kappa shape index (κ1) is 22.8. The predicted octanol–water partition coefficient (Wildman–Crippen LogP) is 3.72. The average Bonchev–Trinajstić information content (AvgIpc) is 2.76. The molecule has 3 rings (SSSR count). The van der Waals surface area contributed by atoms with Gasteiger partial charge in [-0.05, 0) is 55.5 Å². The number of nitrogens with one attached hydrogen (secondary N) is 2. The first-order valence-corrected chi connectivity index (χ1v) is 11.8. The monoisotopic (exact) mass is 457 g/mol. The van der Waals surface area contributed by atoms with E-state index in [1.165, 1.54) is 18.0 Å². The third-order valence-electron chi connectivity index (χ3n) is 4.25. The minimum Gasteiger partial charge on any atom is -0.383 e. The van der Waals surface area contributed by atoms with Crippen molar-refractivity contribution in [3.05, 3.63) is 78.0 Å². The molecule has 0 spiro atoms. The number of aryl methyl sites for hydroxylation is 1. The number of hydrogen-bond donors (Lipinski definition) is 2. The Morgan fingerprint density at radius 3 is 2.35 bits per heavy atom. The van der Waals surface area contributed by atoms with Gasteiger partial charge in [0.05, 0.1) is 17.1 Å². The predicted molar refractivity (Wildman–Crippen MR) is 121 cm³/mol. The third kappa shape index (κ3) is 6.55. The molecule has 1 heterocycles. The summed E-state index contributed by atoms with van der Waals surface area (Å²) < 4.78 is 32.5. The highest BCUT2D eigenvalue weighted by atomic mass is 32.2. The smallest absolute Gasteiger partial charge is 0.261 e. The first-order valence-electron chi connectivity index (χ1n) is 9.48. The van der Waals surface area contributed by atoms with Crippen molar-refractivity contribution < 1.29 is 17.9 Å². The van der Waals surface area contributed by atoms with Crippen LogP contribution in [0.3, 0.4) is 0 Å². The van der Waals surface area contributed by atoms with Crippen molar-refractivity contribution in [2.75, 3.05) is 25.0 Å². The number of amides is 1. The van der Waals surface area contributed by atoms with Crippen LogP contribution in [0, 0.1) is 6.92 Å². The lowest BCUT2D eigenvalue weighted by Crippen LogP contribution is -2.26. The molecule has 31 heavy (non-hydrogen) atoms. The molecule has 0 saturated heterocycles. The van der Waals surface area contributed by atoms with E-state index < -0.39 is 10.0 Å². The second-order valence-electron chi connectivity index (χ2n) is 6.68. The van der Waals surface area contributed by atoms with Gasteiger partial charge in [-0.25, -0.2) is 13.4 Å². The lowest BCUT2D eigenvalue weighted by molar-refractivity contribution is 0.0936. The Labute approximate surface area is 186 Å². The molecule has 162 valence electrons. The fraction of sp³-hybridized carbons (Fsp3) is 0.182. The second kappa shape index (κ2) is 10.4. The van der Waals surface area contributed by atoms with Gasteiger partial charge in [-0.1, -0.05) is 29.5 Å². The summed E-state index contributed by atoms with van der Waals surface area (Å²) in [4.78, 5) is 17.4. The molecule has 0 aliphatic heterocycles. The number of pyridine rings is 1. The Kier molecular flexibility index (Phi) is 7.67. The number of ether oxygens (including phenoxy) is 1. The van der Waals surface area contributed by atoms with Gasteiger partial charge in [-0.3, -0.25) is 9.52 Å².